The normalized spacial score (nSPS) is 14.7. The third-order valence-electron chi connectivity index (χ3n) is 3.84. The molecule has 5 nitrogen and oxygen atoms in total. The van der Waals surface area contributed by atoms with Crippen LogP contribution in [0.5, 0.6) is 0 Å². The molecular weight excluding hydrogens is 280 g/mol. The fourth-order valence-electron chi connectivity index (χ4n) is 2.50. The van der Waals surface area contributed by atoms with Gasteiger partial charge in [0.05, 0.1) is 5.41 Å². The predicted octanol–water partition coefficient (Wildman–Crippen LogP) is 2.21. The molecule has 0 spiro atoms. The molecule has 0 aliphatic carbocycles. The summed E-state index contributed by atoms with van der Waals surface area (Å²) in [6, 6.07) is 0. The zero-order valence-electron chi connectivity index (χ0n) is 12.3. The van der Waals surface area contributed by atoms with Gasteiger partial charge >= 0.3 is 5.97 Å². The Morgan fingerprint density at radius 1 is 1.05 bits per heavy atom. The zero-order chi connectivity index (χ0) is 16.0. The average Bonchev–Trinajstić information content (AvgIpc) is 2.37. The highest BCUT2D eigenvalue weighted by Gasteiger charge is 2.61. The van der Waals surface area contributed by atoms with Crippen molar-refractivity contribution in [2.45, 2.75) is 64.9 Å². The summed E-state index contributed by atoms with van der Waals surface area (Å²) in [5, 5.41) is 19.1. The molecule has 1 atom stereocenters. The van der Waals surface area contributed by atoms with E-state index in [0.717, 1.165) is 19.8 Å². The van der Waals surface area contributed by atoms with Crippen LogP contribution in [-0.4, -0.2) is 32.7 Å². The summed E-state index contributed by atoms with van der Waals surface area (Å²) in [5.74, 6) is -2.61. The van der Waals surface area contributed by atoms with Gasteiger partial charge in [0.1, 0.15) is 0 Å². The summed E-state index contributed by atoms with van der Waals surface area (Å²) >= 11 is 3.79. The van der Waals surface area contributed by atoms with Gasteiger partial charge < -0.3 is 10.2 Å². The minimum atomic E-state index is -2.71. The topological polar surface area (TPSA) is 91.7 Å². The SMILES string of the molecule is CCCCC(CCCC)(C(=O)S)[C@](O)(C(C)=O)C(=O)O. The number of Topliss-reactive ketones (excluding diaryl/α,β-unsaturated/α-hetero) is 1. The molecule has 116 valence electrons. The molecule has 0 aliphatic heterocycles. The quantitative estimate of drug-likeness (QED) is 0.425. The summed E-state index contributed by atoms with van der Waals surface area (Å²) in [4.78, 5) is 35.3. The maximum absolute atomic E-state index is 12.0. The van der Waals surface area contributed by atoms with Crippen LogP contribution in [0.25, 0.3) is 0 Å². The predicted molar refractivity (Wildman–Crippen MR) is 78.7 cm³/mol. The van der Waals surface area contributed by atoms with E-state index in [0.29, 0.717) is 12.8 Å². The molecule has 0 radical (unpaired) electrons. The van der Waals surface area contributed by atoms with E-state index < -0.39 is 27.9 Å². The second-order valence-electron chi connectivity index (χ2n) is 5.17. The van der Waals surface area contributed by atoms with Crippen LogP contribution in [0.2, 0.25) is 0 Å². The van der Waals surface area contributed by atoms with Gasteiger partial charge in [0, 0.05) is 0 Å². The second-order valence-corrected chi connectivity index (χ2v) is 5.57. The maximum atomic E-state index is 12.0. The smallest absolute Gasteiger partial charge is 0.344 e. The number of rotatable bonds is 10. The molecule has 0 heterocycles. The van der Waals surface area contributed by atoms with Crippen molar-refractivity contribution in [2.75, 3.05) is 0 Å². The summed E-state index contributed by atoms with van der Waals surface area (Å²) < 4.78 is 0. The Kier molecular flexibility index (Phi) is 7.44. The Morgan fingerprint density at radius 2 is 1.45 bits per heavy atom. The van der Waals surface area contributed by atoms with Gasteiger partial charge in [-0.2, -0.15) is 0 Å². The molecule has 0 aromatic carbocycles. The number of carboxylic acid groups (broad SMARTS) is 1. The van der Waals surface area contributed by atoms with Gasteiger partial charge in [-0.25, -0.2) is 4.79 Å². The van der Waals surface area contributed by atoms with E-state index in [1.54, 1.807) is 0 Å². The number of hydrogen-bond donors (Lipinski definition) is 3. The van der Waals surface area contributed by atoms with E-state index in [2.05, 4.69) is 12.6 Å². The number of carbonyl (C=O) groups excluding carboxylic acids is 2. The van der Waals surface area contributed by atoms with Crippen molar-refractivity contribution in [1.29, 1.82) is 0 Å². The zero-order valence-corrected chi connectivity index (χ0v) is 13.2. The Bertz CT molecular complexity index is 356. The molecule has 0 aromatic rings. The maximum Gasteiger partial charge on any atom is 0.344 e. The van der Waals surface area contributed by atoms with Gasteiger partial charge in [0.2, 0.25) is 5.60 Å². The molecule has 0 aliphatic rings. The fourth-order valence-corrected chi connectivity index (χ4v) is 2.89. The van der Waals surface area contributed by atoms with Crippen LogP contribution < -0.4 is 0 Å². The van der Waals surface area contributed by atoms with E-state index >= 15 is 0 Å². The molecule has 0 unspecified atom stereocenters. The number of aliphatic carboxylic acids is 1. The van der Waals surface area contributed by atoms with Gasteiger partial charge in [-0.15, -0.1) is 12.6 Å². The molecule has 20 heavy (non-hydrogen) atoms. The molecule has 0 bridgehead atoms. The van der Waals surface area contributed by atoms with Crippen molar-refractivity contribution < 1.29 is 24.6 Å². The Balaban J connectivity index is 5.94. The standard InChI is InChI=1S/C14H24O5S/c1-4-6-8-13(12(18)20,9-7-5-2)14(19,10(3)15)11(16)17/h19H,4-9H2,1-3H3,(H,16,17)(H,18,20)/t14-/m0/s1. The summed E-state index contributed by atoms with van der Waals surface area (Å²) in [6.45, 7) is 4.78. The van der Waals surface area contributed by atoms with E-state index in [1.165, 1.54) is 0 Å². The lowest BCUT2D eigenvalue weighted by atomic mass is 9.64. The van der Waals surface area contributed by atoms with Gasteiger partial charge in [-0.05, 0) is 19.8 Å². The van der Waals surface area contributed by atoms with E-state index in [1.807, 2.05) is 13.8 Å². The lowest BCUT2D eigenvalue weighted by Gasteiger charge is -2.41. The van der Waals surface area contributed by atoms with Gasteiger partial charge in [-0.1, -0.05) is 39.5 Å². The highest BCUT2D eigenvalue weighted by atomic mass is 32.1. The van der Waals surface area contributed by atoms with Crippen LogP contribution in [0, 0.1) is 5.41 Å². The summed E-state index contributed by atoms with van der Waals surface area (Å²) in [5.41, 5.74) is -4.38. The molecule has 0 fully saturated rings. The van der Waals surface area contributed by atoms with Crippen molar-refractivity contribution in [3.8, 4) is 0 Å². The first-order valence-electron chi connectivity index (χ1n) is 6.90. The van der Waals surface area contributed by atoms with Crippen LogP contribution in [-0.2, 0) is 14.4 Å². The lowest BCUT2D eigenvalue weighted by molar-refractivity contribution is -0.183. The molecule has 0 saturated heterocycles. The molecule has 0 amide bonds. The van der Waals surface area contributed by atoms with Gasteiger partial charge in [0.25, 0.3) is 0 Å². The highest BCUT2D eigenvalue weighted by molar-refractivity contribution is 7.96. The van der Waals surface area contributed by atoms with Crippen LogP contribution in [0.15, 0.2) is 0 Å². The molecule has 6 heteroatoms. The number of aliphatic hydroxyl groups is 1. The second kappa shape index (κ2) is 7.78. The number of thiol groups is 1. The minimum absolute atomic E-state index is 0.133. The van der Waals surface area contributed by atoms with Crippen molar-refractivity contribution in [2.24, 2.45) is 5.41 Å². The molecule has 2 N–H and O–H groups in total. The van der Waals surface area contributed by atoms with E-state index in [9.17, 15) is 24.6 Å². The van der Waals surface area contributed by atoms with E-state index in [-0.39, 0.29) is 12.8 Å². The van der Waals surface area contributed by atoms with Gasteiger partial charge in [-0.3, -0.25) is 9.59 Å². The summed E-state index contributed by atoms with van der Waals surface area (Å²) in [7, 11) is 0. The molecular formula is C14H24O5S. The average molecular weight is 304 g/mol. The number of unbranched alkanes of at least 4 members (excludes halogenated alkanes) is 2. The number of carboxylic acids is 1. The third-order valence-corrected chi connectivity index (χ3v) is 4.26. The third kappa shape index (κ3) is 3.41. The minimum Gasteiger partial charge on any atom is -0.479 e. The van der Waals surface area contributed by atoms with Crippen molar-refractivity contribution in [3.63, 3.8) is 0 Å². The van der Waals surface area contributed by atoms with Crippen LogP contribution in [0.1, 0.15) is 59.3 Å². The van der Waals surface area contributed by atoms with Crippen molar-refractivity contribution in [3.05, 3.63) is 0 Å². The highest BCUT2D eigenvalue weighted by Crippen LogP contribution is 2.44. The molecule has 0 rings (SSSR count). The number of ketones is 1. The van der Waals surface area contributed by atoms with Gasteiger partial charge in [0.15, 0.2) is 10.9 Å². The lowest BCUT2D eigenvalue weighted by Crippen LogP contribution is -2.61. The van der Waals surface area contributed by atoms with Crippen LogP contribution in [0.3, 0.4) is 0 Å². The number of hydrogen-bond acceptors (Lipinski definition) is 4. The Hall–Kier alpha value is -0.880. The number of carbonyl (C=O) groups is 3. The first-order valence-corrected chi connectivity index (χ1v) is 7.35. The molecule has 0 aromatic heterocycles. The van der Waals surface area contributed by atoms with Crippen molar-refractivity contribution in [1.82, 2.24) is 0 Å². The first-order chi connectivity index (χ1) is 9.20. The largest absolute Gasteiger partial charge is 0.479 e. The van der Waals surface area contributed by atoms with E-state index in [4.69, 9.17) is 0 Å². The fraction of sp³-hybridized carbons (Fsp3) is 0.786. The first kappa shape index (κ1) is 19.1. The monoisotopic (exact) mass is 304 g/mol. The van der Waals surface area contributed by atoms with Crippen LogP contribution >= 0.6 is 12.6 Å². The van der Waals surface area contributed by atoms with Crippen LogP contribution in [0.4, 0.5) is 0 Å². The molecule has 0 saturated carbocycles. The Morgan fingerprint density at radius 3 is 1.65 bits per heavy atom. The summed E-state index contributed by atoms with van der Waals surface area (Å²) in [6.07, 6.45) is 2.80. The Labute approximate surface area is 125 Å². The van der Waals surface area contributed by atoms with Crippen molar-refractivity contribution >= 4 is 29.5 Å².